The molecule has 1 aromatic heterocycles. The van der Waals surface area contributed by atoms with Crippen molar-refractivity contribution in [2.45, 2.75) is 12.5 Å². The normalized spacial score (nSPS) is 12.7. The average Bonchev–Trinajstić information content (AvgIpc) is 2.70. The van der Waals surface area contributed by atoms with E-state index in [1.807, 2.05) is 36.0 Å². The first-order valence-electron chi connectivity index (χ1n) is 4.64. The van der Waals surface area contributed by atoms with Crippen molar-refractivity contribution in [1.29, 1.82) is 0 Å². The van der Waals surface area contributed by atoms with Gasteiger partial charge in [0.2, 0.25) is 0 Å². The average molecular weight is 239 g/mol. The largest absolute Gasteiger partial charge is 0.324 e. The van der Waals surface area contributed by atoms with Crippen LogP contribution in [0.15, 0.2) is 36.0 Å². The Morgan fingerprint density at radius 2 is 2.33 bits per heavy atom. The predicted molar refractivity (Wildman–Crippen MR) is 64.2 cm³/mol. The molecule has 1 unspecified atom stereocenters. The van der Waals surface area contributed by atoms with Gasteiger partial charge in [-0.2, -0.15) is 0 Å². The molecule has 0 fully saturated rings. The van der Waals surface area contributed by atoms with Crippen LogP contribution in [0, 0.1) is 0 Å². The summed E-state index contributed by atoms with van der Waals surface area (Å²) in [5, 5.41) is 0.729. The van der Waals surface area contributed by atoms with Gasteiger partial charge in [-0.15, -0.1) is 11.3 Å². The van der Waals surface area contributed by atoms with Gasteiger partial charge >= 0.3 is 0 Å². The molecule has 4 heteroatoms. The molecule has 15 heavy (non-hydrogen) atoms. The van der Waals surface area contributed by atoms with E-state index in [0.29, 0.717) is 0 Å². The van der Waals surface area contributed by atoms with Crippen LogP contribution in [0.5, 0.6) is 0 Å². The van der Waals surface area contributed by atoms with Crippen molar-refractivity contribution < 1.29 is 0 Å². The molecule has 0 amide bonds. The second-order valence-electron chi connectivity index (χ2n) is 3.33. The Kier molecular flexibility index (Phi) is 3.36. The third-order valence-electron chi connectivity index (χ3n) is 2.18. The van der Waals surface area contributed by atoms with Crippen molar-refractivity contribution in [2.24, 2.45) is 5.73 Å². The standard InChI is InChI=1S/C11H11ClN2S/c12-9-3-1-2-8(4-9)11(13)5-10-6-14-7-15-10/h1-4,6-7,11H,5,13H2. The number of benzene rings is 1. The molecule has 0 radical (unpaired) electrons. The van der Waals surface area contributed by atoms with Crippen LogP contribution in [0.2, 0.25) is 5.02 Å². The molecule has 0 aliphatic heterocycles. The van der Waals surface area contributed by atoms with Crippen LogP contribution in [-0.4, -0.2) is 4.98 Å². The minimum Gasteiger partial charge on any atom is -0.324 e. The summed E-state index contributed by atoms with van der Waals surface area (Å²) in [7, 11) is 0. The Morgan fingerprint density at radius 1 is 1.47 bits per heavy atom. The second kappa shape index (κ2) is 4.75. The number of halogens is 1. The van der Waals surface area contributed by atoms with E-state index in [1.54, 1.807) is 11.3 Å². The molecule has 2 rings (SSSR count). The third-order valence-corrected chi connectivity index (χ3v) is 3.22. The van der Waals surface area contributed by atoms with Crippen molar-refractivity contribution >= 4 is 22.9 Å². The molecule has 0 saturated carbocycles. The van der Waals surface area contributed by atoms with Crippen molar-refractivity contribution in [2.75, 3.05) is 0 Å². The van der Waals surface area contributed by atoms with Crippen molar-refractivity contribution in [1.82, 2.24) is 4.98 Å². The molecule has 0 bridgehead atoms. The van der Waals surface area contributed by atoms with Gasteiger partial charge in [0.1, 0.15) is 0 Å². The second-order valence-corrected chi connectivity index (χ2v) is 4.74. The summed E-state index contributed by atoms with van der Waals surface area (Å²) < 4.78 is 0. The summed E-state index contributed by atoms with van der Waals surface area (Å²) in [4.78, 5) is 5.22. The maximum atomic E-state index is 6.08. The van der Waals surface area contributed by atoms with Gasteiger partial charge in [0, 0.05) is 28.6 Å². The van der Waals surface area contributed by atoms with Gasteiger partial charge in [-0.25, -0.2) is 0 Å². The zero-order chi connectivity index (χ0) is 10.7. The van der Waals surface area contributed by atoms with Gasteiger partial charge < -0.3 is 5.73 Å². The molecule has 2 aromatic rings. The first-order valence-corrected chi connectivity index (χ1v) is 5.90. The van der Waals surface area contributed by atoms with Crippen LogP contribution in [0.3, 0.4) is 0 Å². The SMILES string of the molecule is NC(Cc1cncs1)c1cccc(Cl)c1. The van der Waals surface area contributed by atoms with Crippen LogP contribution in [0.1, 0.15) is 16.5 Å². The first-order chi connectivity index (χ1) is 7.25. The first kappa shape index (κ1) is 10.6. The number of aromatic nitrogens is 1. The van der Waals surface area contributed by atoms with Gasteiger partial charge in [0.15, 0.2) is 0 Å². The van der Waals surface area contributed by atoms with Gasteiger partial charge in [0.25, 0.3) is 0 Å². The van der Waals surface area contributed by atoms with Gasteiger partial charge in [-0.3, -0.25) is 4.98 Å². The van der Waals surface area contributed by atoms with Crippen LogP contribution in [0.25, 0.3) is 0 Å². The number of thiazole rings is 1. The fourth-order valence-corrected chi connectivity index (χ4v) is 2.27. The number of hydrogen-bond acceptors (Lipinski definition) is 3. The van der Waals surface area contributed by atoms with Crippen LogP contribution < -0.4 is 5.73 Å². The molecule has 1 heterocycles. The summed E-state index contributed by atoms with van der Waals surface area (Å²) >= 11 is 7.53. The van der Waals surface area contributed by atoms with E-state index in [0.717, 1.165) is 17.0 Å². The van der Waals surface area contributed by atoms with Crippen molar-refractivity contribution in [3.8, 4) is 0 Å². The molecule has 78 valence electrons. The van der Waals surface area contributed by atoms with E-state index in [-0.39, 0.29) is 6.04 Å². The number of hydrogen-bond donors (Lipinski definition) is 1. The molecule has 0 aliphatic rings. The molecule has 0 saturated heterocycles. The van der Waals surface area contributed by atoms with E-state index in [1.165, 1.54) is 4.88 Å². The number of nitrogens with two attached hydrogens (primary N) is 1. The molecule has 1 atom stereocenters. The number of rotatable bonds is 3. The van der Waals surface area contributed by atoms with Crippen molar-refractivity contribution in [3.05, 3.63) is 51.4 Å². The van der Waals surface area contributed by atoms with E-state index in [4.69, 9.17) is 17.3 Å². The third kappa shape index (κ3) is 2.78. The summed E-state index contributed by atoms with van der Waals surface area (Å²) in [6, 6.07) is 7.67. The Hall–Kier alpha value is -0.900. The highest BCUT2D eigenvalue weighted by molar-refractivity contribution is 7.09. The van der Waals surface area contributed by atoms with Crippen molar-refractivity contribution in [3.63, 3.8) is 0 Å². The van der Waals surface area contributed by atoms with E-state index in [9.17, 15) is 0 Å². The topological polar surface area (TPSA) is 38.9 Å². The van der Waals surface area contributed by atoms with E-state index < -0.39 is 0 Å². The zero-order valence-corrected chi connectivity index (χ0v) is 9.63. The smallest absolute Gasteiger partial charge is 0.0794 e. The Balaban J connectivity index is 2.11. The lowest BCUT2D eigenvalue weighted by molar-refractivity contribution is 0.729. The molecule has 2 nitrogen and oxygen atoms in total. The lowest BCUT2D eigenvalue weighted by atomic mass is 10.0. The molecular weight excluding hydrogens is 228 g/mol. The highest BCUT2D eigenvalue weighted by atomic mass is 35.5. The molecule has 0 aliphatic carbocycles. The lowest BCUT2D eigenvalue weighted by Crippen LogP contribution is -2.12. The van der Waals surface area contributed by atoms with E-state index in [2.05, 4.69) is 4.98 Å². The van der Waals surface area contributed by atoms with E-state index >= 15 is 0 Å². The molecule has 0 spiro atoms. The Morgan fingerprint density at radius 3 is 3.00 bits per heavy atom. The maximum Gasteiger partial charge on any atom is 0.0794 e. The fraction of sp³-hybridized carbons (Fsp3) is 0.182. The lowest BCUT2D eigenvalue weighted by Gasteiger charge is -2.10. The quantitative estimate of drug-likeness (QED) is 0.893. The molecule has 2 N–H and O–H groups in total. The summed E-state index contributed by atoms with van der Waals surface area (Å²) in [6.07, 6.45) is 2.67. The summed E-state index contributed by atoms with van der Waals surface area (Å²) in [5.41, 5.74) is 8.96. The Labute approximate surface area is 97.7 Å². The molecular formula is C11H11ClN2S. The van der Waals surface area contributed by atoms with Gasteiger partial charge in [-0.1, -0.05) is 23.7 Å². The van der Waals surface area contributed by atoms with Crippen LogP contribution >= 0.6 is 22.9 Å². The minimum atomic E-state index is -0.0100. The molecule has 1 aromatic carbocycles. The van der Waals surface area contributed by atoms with Crippen LogP contribution in [0.4, 0.5) is 0 Å². The monoisotopic (exact) mass is 238 g/mol. The van der Waals surface area contributed by atoms with Gasteiger partial charge in [-0.05, 0) is 17.7 Å². The summed E-state index contributed by atoms with van der Waals surface area (Å²) in [6.45, 7) is 0. The highest BCUT2D eigenvalue weighted by Crippen LogP contribution is 2.20. The predicted octanol–water partition coefficient (Wildman–Crippen LogP) is 3.04. The Bertz CT molecular complexity index is 428. The minimum absolute atomic E-state index is 0.0100. The van der Waals surface area contributed by atoms with Crippen LogP contribution in [-0.2, 0) is 6.42 Å². The maximum absolute atomic E-state index is 6.08. The number of nitrogens with zero attached hydrogens (tertiary/aromatic N) is 1. The van der Waals surface area contributed by atoms with Gasteiger partial charge in [0.05, 0.1) is 5.51 Å². The summed E-state index contributed by atoms with van der Waals surface area (Å²) in [5.74, 6) is 0. The fourth-order valence-electron chi connectivity index (χ4n) is 1.41. The highest BCUT2D eigenvalue weighted by Gasteiger charge is 2.08. The zero-order valence-electron chi connectivity index (χ0n) is 8.06.